The second-order valence-electron chi connectivity index (χ2n) is 5.27. The van der Waals surface area contributed by atoms with Crippen LogP contribution < -0.4 is 0 Å². The van der Waals surface area contributed by atoms with E-state index < -0.39 is 0 Å². The van der Waals surface area contributed by atoms with Crippen LogP contribution in [0.4, 0.5) is 0 Å². The van der Waals surface area contributed by atoms with Gasteiger partial charge >= 0.3 is 0 Å². The van der Waals surface area contributed by atoms with Crippen LogP contribution in [0.3, 0.4) is 0 Å². The highest BCUT2D eigenvalue weighted by atomic mass is 35.5. The Morgan fingerprint density at radius 3 is 2.83 bits per heavy atom. The lowest BCUT2D eigenvalue weighted by Crippen LogP contribution is -2.43. The van der Waals surface area contributed by atoms with E-state index in [1.165, 1.54) is 0 Å². The number of amides is 1. The Hall–Kier alpha value is -0.320. The molecule has 2 atom stereocenters. The topological polar surface area (TPSA) is 32.8 Å². The van der Waals surface area contributed by atoms with Crippen LogP contribution >= 0.6 is 11.6 Å². The molecule has 2 heterocycles. The van der Waals surface area contributed by atoms with Gasteiger partial charge in [-0.3, -0.25) is 4.79 Å². The van der Waals surface area contributed by atoms with Gasteiger partial charge in [-0.15, -0.1) is 11.6 Å². The van der Waals surface area contributed by atoms with Gasteiger partial charge < -0.3 is 14.5 Å². The molecule has 2 aliphatic heterocycles. The lowest BCUT2D eigenvalue weighted by atomic mass is 10.0. The number of hydrogen-bond donors (Lipinski definition) is 0. The summed E-state index contributed by atoms with van der Waals surface area (Å²) < 4.78 is 5.57. The second-order valence-corrected chi connectivity index (χ2v) is 5.64. The molecule has 18 heavy (non-hydrogen) atoms. The summed E-state index contributed by atoms with van der Waals surface area (Å²) in [7, 11) is 0. The molecule has 0 saturated carbocycles. The zero-order valence-corrected chi connectivity index (χ0v) is 11.9. The normalized spacial score (nSPS) is 30.4. The number of nitrogens with zero attached hydrogens (tertiary/aromatic N) is 2. The number of hydrogen-bond acceptors (Lipinski definition) is 3. The van der Waals surface area contributed by atoms with Crippen molar-refractivity contribution in [3.8, 4) is 0 Å². The van der Waals surface area contributed by atoms with Crippen LogP contribution in [-0.2, 0) is 9.53 Å². The van der Waals surface area contributed by atoms with Crippen molar-refractivity contribution in [3.05, 3.63) is 0 Å². The highest BCUT2D eigenvalue weighted by Crippen LogP contribution is 2.22. The molecule has 2 unspecified atom stereocenters. The molecule has 104 valence electrons. The summed E-state index contributed by atoms with van der Waals surface area (Å²) in [6, 6.07) is 0. The summed E-state index contributed by atoms with van der Waals surface area (Å²) in [5, 5.41) is 0. The van der Waals surface area contributed by atoms with E-state index >= 15 is 0 Å². The summed E-state index contributed by atoms with van der Waals surface area (Å²) in [5.74, 6) is 1.21. The van der Waals surface area contributed by atoms with Crippen LogP contribution in [-0.4, -0.2) is 67.0 Å². The van der Waals surface area contributed by atoms with Crippen LogP contribution in [0.5, 0.6) is 0 Å². The van der Waals surface area contributed by atoms with E-state index in [0.717, 1.165) is 52.2 Å². The zero-order valence-electron chi connectivity index (χ0n) is 11.1. The molecule has 2 saturated heterocycles. The fourth-order valence-corrected chi connectivity index (χ4v) is 2.96. The summed E-state index contributed by atoms with van der Waals surface area (Å²) in [6.07, 6.45) is 1.83. The standard InChI is InChI=1S/C13H23ClN2O2/c1-11-3-10-18-12(11)13(17)16-6-2-5-15(7-4-14)8-9-16/h11-12H,2-10H2,1H3. The van der Waals surface area contributed by atoms with Crippen molar-refractivity contribution in [2.75, 3.05) is 45.2 Å². The molecule has 0 aliphatic carbocycles. The number of halogens is 1. The molecule has 1 amide bonds. The zero-order chi connectivity index (χ0) is 13.0. The SMILES string of the molecule is CC1CCOC1C(=O)N1CCCN(CCCl)CC1. The number of carbonyl (C=O) groups is 1. The molecule has 0 bridgehead atoms. The first-order valence-corrected chi connectivity index (χ1v) is 7.44. The molecule has 5 heteroatoms. The van der Waals surface area contributed by atoms with Gasteiger partial charge in [0, 0.05) is 38.7 Å². The molecule has 0 aromatic heterocycles. The Labute approximate surface area is 114 Å². The average Bonchev–Trinajstić information content (AvgIpc) is 2.64. The van der Waals surface area contributed by atoms with Gasteiger partial charge in [0.2, 0.25) is 0 Å². The molecule has 2 rings (SSSR count). The second kappa shape index (κ2) is 6.73. The van der Waals surface area contributed by atoms with E-state index in [1.54, 1.807) is 0 Å². The first-order valence-electron chi connectivity index (χ1n) is 6.91. The van der Waals surface area contributed by atoms with Gasteiger partial charge in [0.1, 0.15) is 6.10 Å². The predicted octanol–water partition coefficient (Wildman–Crippen LogP) is 1.18. The van der Waals surface area contributed by atoms with Crippen molar-refractivity contribution in [3.63, 3.8) is 0 Å². The van der Waals surface area contributed by atoms with Gasteiger partial charge in [-0.1, -0.05) is 6.92 Å². The molecule has 4 nitrogen and oxygen atoms in total. The molecule has 0 spiro atoms. The van der Waals surface area contributed by atoms with E-state index in [0.29, 0.717) is 11.8 Å². The van der Waals surface area contributed by atoms with Crippen molar-refractivity contribution in [1.29, 1.82) is 0 Å². The number of rotatable bonds is 3. The van der Waals surface area contributed by atoms with Crippen molar-refractivity contribution < 1.29 is 9.53 Å². The third-order valence-electron chi connectivity index (χ3n) is 3.93. The first-order chi connectivity index (χ1) is 8.72. The fraction of sp³-hybridized carbons (Fsp3) is 0.923. The Balaban J connectivity index is 1.87. The van der Waals surface area contributed by atoms with Gasteiger partial charge in [0.25, 0.3) is 5.91 Å². The Kier molecular flexibility index (Phi) is 5.27. The Morgan fingerprint density at radius 2 is 2.17 bits per heavy atom. The summed E-state index contributed by atoms with van der Waals surface area (Å²) >= 11 is 5.77. The van der Waals surface area contributed by atoms with Gasteiger partial charge in [-0.05, 0) is 25.3 Å². The molecular formula is C13H23ClN2O2. The molecular weight excluding hydrogens is 252 g/mol. The minimum atomic E-state index is -0.204. The first kappa shape index (κ1) is 14.1. The van der Waals surface area contributed by atoms with Gasteiger partial charge in [0.15, 0.2) is 0 Å². The van der Waals surface area contributed by atoms with Crippen LogP contribution in [0.2, 0.25) is 0 Å². The molecule has 0 radical (unpaired) electrons. The third kappa shape index (κ3) is 3.37. The maximum absolute atomic E-state index is 12.4. The molecule has 0 aromatic rings. The van der Waals surface area contributed by atoms with E-state index in [9.17, 15) is 4.79 Å². The Bertz CT molecular complexity index is 288. The van der Waals surface area contributed by atoms with Crippen LogP contribution in [0, 0.1) is 5.92 Å². The smallest absolute Gasteiger partial charge is 0.252 e. The van der Waals surface area contributed by atoms with Gasteiger partial charge in [-0.25, -0.2) is 0 Å². The number of ether oxygens (including phenoxy) is 1. The average molecular weight is 275 g/mol. The monoisotopic (exact) mass is 274 g/mol. The largest absolute Gasteiger partial charge is 0.368 e. The predicted molar refractivity (Wildman–Crippen MR) is 71.9 cm³/mol. The van der Waals surface area contributed by atoms with Crippen molar-refractivity contribution in [2.24, 2.45) is 5.92 Å². The van der Waals surface area contributed by atoms with Gasteiger partial charge in [-0.2, -0.15) is 0 Å². The van der Waals surface area contributed by atoms with Crippen molar-refractivity contribution in [1.82, 2.24) is 9.80 Å². The fourth-order valence-electron chi connectivity index (χ4n) is 2.73. The highest BCUT2D eigenvalue weighted by molar-refractivity contribution is 6.18. The summed E-state index contributed by atoms with van der Waals surface area (Å²) in [5.41, 5.74) is 0. The highest BCUT2D eigenvalue weighted by Gasteiger charge is 2.34. The minimum absolute atomic E-state index is 0.188. The van der Waals surface area contributed by atoms with Crippen molar-refractivity contribution >= 4 is 17.5 Å². The van der Waals surface area contributed by atoms with E-state index in [-0.39, 0.29) is 12.0 Å². The quantitative estimate of drug-likeness (QED) is 0.725. The maximum Gasteiger partial charge on any atom is 0.252 e. The van der Waals surface area contributed by atoms with E-state index in [2.05, 4.69) is 11.8 Å². The number of alkyl halides is 1. The van der Waals surface area contributed by atoms with Crippen LogP contribution in [0.15, 0.2) is 0 Å². The summed E-state index contributed by atoms with van der Waals surface area (Å²) in [4.78, 5) is 16.7. The summed E-state index contributed by atoms with van der Waals surface area (Å²) in [6.45, 7) is 7.38. The minimum Gasteiger partial charge on any atom is -0.368 e. The lowest BCUT2D eigenvalue weighted by Gasteiger charge is -2.25. The van der Waals surface area contributed by atoms with Crippen LogP contribution in [0.1, 0.15) is 19.8 Å². The van der Waals surface area contributed by atoms with E-state index in [1.807, 2.05) is 4.90 Å². The number of carbonyl (C=O) groups excluding carboxylic acids is 1. The molecule has 2 aliphatic rings. The maximum atomic E-state index is 12.4. The van der Waals surface area contributed by atoms with E-state index in [4.69, 9.17) is 16.3 Å². The van der Waals surface area contributed by atoms with Crippen molar-refractivity contribution in [2.45, 2.75) is 25.9 Å². The van der Waals surface area contributed by atoms with Crippen LogP contribution in [0.25, 0.3) is 0 Å². The molecule has 0 N–H and O–H groups in total. The third-order valence-corrected chi connectivity index (χ3v) is 4.10. The van der Waals surface area contributed by atoms with Gasteiger partial charge in [0.05, 0.1) is 0 Å². The molecule has 2 fully saturated rings. The Morgan fingerprint density at radius 1 is 1.33 bits per heavy atom. The lowest BCUT2D eigenvalue weighted by molar-refractivity contribution is -0.142. The molecule has 0 aromatic carbocycles.